The topological polar surface area (TPSA) is 69.6 Å². The Hall–Kier alpha value is -2.45. The summed E-state index contributed by atoms with van der Waals surface area (Å²) in [6, 6.07) is 12.1. The summed E-state index contributed by atoms with van der Waals surface area (Å²) in [6.07, 6.45) is 0. The molecule has 0 saturated heterocycles. The Kier molecular flexibility index (Phi) is 4.37. The summed E-state index contributed by atoms with van der Waals surface area (Å²) in [4.78, 5) is 5.57. The molecule has 126 valence electrons. The van der Waals surface area contributed by atoms with Crippen molar-refractivity contribution in [1.29, 1.82) is 0 Å². The molecule has 4 aromatic rings. The Labute approximate surface area is 152 Å². The average Bonchev–Trinajstić information content (AvgIpc) is 3.34. The van der Waals surface area contributed by atoms with Gasteiger partial charge in [0.05, 0.1) is 10.6 Å². The number of thiophene rings is 1. The molecule has 0 aliphatic rings. The SMILES string of the molecule is Cc1cccc(-c2noc(CSc3nnc(-c4cccs4)n3C)n2)c1. The van der Waals surface area contributed by atoms with Crippen molar-refractivity contribution < 1.29 is 4.52 Å². The van der Waals surface area contributed by atoms with Crippen LogP contribution in [-0.4, -0.2) is 24.9 Å². The fourth-order valence-electron chi connectivity index (χ4n) is 2.40. The molecule has 0 atom stereocenters. The zero-order valence-electron chi connectivity index (χ0n) is 13.7. The molecule has 3 aromatic heterocycles. The Morgan fingerprint density at radius 1 is 1.20 bits per heavy atom. The predicted molar refractivity (Wildman–Crippen MR) is 98.3 cm³/mol. The van der Waals surface area contributed by atoms with Crippen molar-refractivity contribution in [3.63, 3.8) is 0 Å². The summed E-state index contributed by atoms with van der Waals surface area (Å²) in [6.45, 7) is 2.04. The van der Waals surface area contributed by atoms with E-state index in [1.807, 2.05) is 60.3 Å². The molecular weight excluding hydrogens is 354 g/mol. The van der Waals surface area contributed by atoms with Gasteiger partial charge in [-0.1, -0.05) is 46.7 Å². The highest BCUT2D eigenvalue weighted by atomic mass is 32.2. The number of aromatic nitrogens is 5. The van der Waals surface area contributed by atoms with Gasteiger partial charge in [0.15, 0.2) is 11.0 Å². The molecule has 0 saturated carbocycles. The van der Waals surface area contributed by atoms with Gasteiger partial charge in [-0.05, 0) is 24.4 Å². The molecule has 8 heteroatoms. The van der Waals surface area contributed by atoms with Gasteiger partial charge in [-0.3, -0.25) is 0 Å². The third-order valence-electron chi connectivity index (χ3n) is 3.65. The van der Waals surface area contributed by atoms with E-state index in [1.165, 1.54) is 17.3 Å². The molecule has 0 N–H and O–H groups in total. The Balaban J connectivity index is 1.48. The molecule has 0 fully saturated rings. The van der Waals surface area contributed by atoms with E-state index in [1.54, 1.807) is 11.3 Å². The van der Waals surface area contributed by atoms with Gasteiger partial charge in [0, 0.05) is 12.6 Å². The Morgan fingerprint density at radius 2 is 2.12 bits per heavy atom. The van der Waals surface area contributed by atoms with Crippen molar-refractivity contribution in [3.8, 4) is 22.1 Å². The minimum atomic E-state index is 0.551. The quantitative estimate of drug-likeness (QED) is 0.491. The van der Waals surface area contributed by atoms with Crippen LogP contribution in [0.15, 0.2) is 51.5 Å². The van der Waals surface area contributed by atoms with Gasteiger partial charge in [-0.25, -0.2) is 0 Å². The van der Waals surface area contributed by atoms with Crippen LogP contribution in [-0.2, 0) is 12.8 Å². The average molecular weight is 369 g/mol. The maximum absolute atomic E-state index is 5.36. The van der Waals surface area contributed by atoms with E-state index in [4.69, 9.17) is 4.52 Å². The highest BCUT2D eigenvalue weighted by Gasteiger charge is 2.14. The van der Waals surface area contributed by atoms with Crippen molar-refractivity contribution >= 4 is 23.1 Å². The van der Waals surface area contributed by atoms with Crippen LogP contribution in [0.5, 0.6) is 0 Å². The van der Waals surface area contributed by atoms with Gasteiger partial charge in [0.1, 0.15) is 0 Å². The minimum absolute atomic E-state index is 0.551. The third-order valence-corrected chi connectivity index (χ3v) is 5.52. The molecule has 25 heavy (non-hydrogen) atoms. The molecule has 0 spiro atoms. The molecular formula is C17H15N5OS2. The predicted octanol–water partition coefficient (Wildman–Crippen LogP) is 4.19. The van der Waals surface area contributed by atoms with Crippen LogP contribution in [0, 0.1) is 6.92 Å². The summed E-state index contributed by atoms with van der Waals surface area (Å²) in [7, 11) is 1.96. The second-order valence-electron chi connectivity index (χ2n) is 5.51. The van der Waals surface area contributed by atoms with Crippen molar-refractivity contribution in [2.45, 2.75) is 17.8 Å². The van der Waals surface area contributed by atoms with E-state index in [2.05, 4.69) is 20.3 Å². The third kappa shape index (κ3) is 3.35. The number of benzene rings is 1. The van der Waals surface area contributed by atoms with Crippen LogP contribution in [0.25, 0.3) is 22.1 Å². The summed E-state index contributed by atoms with van der Waals surface area (Å²) in [5, 5.41) is 15.4. The van der Waals surface area contributed by atoms with E-state index >= 15 is 0 Å². The molecule has 6 nitrogen and oxygen atoms in total. The molecule has 0 aliphatic carbocycles. The van der Waals surface area contributed by atoms with Gasteiger partial charge < -0.3 is 9.09 Å². The van der Waals surface area contributed by atoms with Crippen molar-refractivity contribution in [2.24, 2.45) is 7.05 Å². The lowest BCUT2D eigenvalue weighted by Gasteiger charge is -2.00. The number of hydrogen-bond acceptors (Lipinski definition) is 7. The fraction of sp³-hybridized carbons (Fsp3) is 0.176. The molecule has 1 aromatic carbocycles. The second kappa shape index (κ2) is 6.81. The van der Waals surface area contributed by atoms with E-state index in [0.717, 1.165) is 21.4 Å². The first-order chi connectivity index (χ1) is 12.2. The molecule has 0 amide bonds. The zero-order chi connectivity index (χ0) is 17.2. The van der Waals surface area contributed by atoms with E-state index in [9.17, 15) is 0 Å². The number of thioether (sulfide) groups is 1. The maximum atomic E-state index is 5.36. The lowest BCUT2D eigenvalue weighted by molar-refractivity contribution is 0.391. The smallest absolute Gasteiger partial charge is 0.237 e. The fourth-order valence-corrected chi connectivity index (χ4v) is 3.89. The Morgan fingerprint density at radius 3 is 2.92 bits per heavy atom. The van der Waals surface area contributed by atoms with Crippen LogP contribution in [0.4, 0.5) is 0 Å². The number of nitrogens with zero attached hydrogens (tertiary/aromatic N) is 5. The van der Waals surface area contributed by atoms with Crippen molar-refractivity contribution in [2.75, 3.05) is 0 Å². The highest BCUT2D eigenvalue weighted by Crippen LogP contribution is 2.27. The molecule has 0 aliphatic heterocycles. The maximum Gasteiger partial charge on any atom is 0.237 e. The molecule has 0 radical (unpaired) electrons. The van der Waals surface area contributed by atoms with Gasteiger partial charge in [0.25, 0.3) is 0 Å². The molecule has 0 bridgehead atoms. The Bertz CT molecular complexity index is 990. The minimum Gasteiger partial charge on any atom is -0.338 e. The van der Waals surface area contributed by atoms with Crippen LogP contribution in [0.1, 0.15) is 11.5 Å². The van der Waals surface area contributed by atoms with Gasteiger partial charge in [0.2, 0.25) is 11.7 Å². The van der Waals surface area contributed by atoms with E-state index in [-0.39, 0.29) is 0 Å². The van der Waals surface area contributed by atoms with Crippen LogP contribution >= 0.6 is 23.1 Å². The largest absolute Gasteiger partial charge is 0.338 e. The standard InChI is InChI=1S/C17H15N5OS2/c1-11-5-3-6-12(9-11)15-18-14(23-21-15)10-25-17-20-19-16(22(17)2)13-7-4-8-24-13/h3-9H,10H2,1-2H3. The van der Waals surface area contributed by atoms with Crippen LogP contribution in [0.3, 0.4) is 0 Å². The van der Waals surface area contributed by atoms with Crippen LogP contribution < -0.4 is 0 Å². The van der Waals surface area contributed by atoms with Gasteiger partial charge >= 0.3 is 0 Å². The second-order valence-corrected chi connectivity index (χ2v) is 7.40. The monoisotopic (exact) mass is 369 g/mol. The first kappa shape index (κ1) is 16.0. The first-order valence-corrected chi connectivity index (χ1v) is 9.53. The highest BCUT2D eigenvalue weighted by molar-refractivity contribution is 7.98. The summed E-state index contributed by atoms with van der Waals surface area (Å²) < 4.78 is 7.34. The van der Waals surface area contributed by atoms with E-state index in [0.29, 0.717) is 17.5 Å². The molecule has 0 unspecified atom stereocenters. The summed E-state index contributed by atoms with van der Waals surface area (Å²) in [5.41, 5.74) is 2.12. The normalized spacial score (nSPS) is 11.1. The lowest BCUT2D eigenvalue weighted by Crippen LogP contribution is -1.94. The summed E-state index contributed by atoms with van der Waals surface area (Å²) >= 11 is 3.17. The number of hydrogen-bond donors (Lipinski definition) is 0. The lowest BCUT2D eigenvalue weighted by atomic mass is 10.1. The van der Waals surface area contributed by atoms with Crippen molar-refractivity contribution in [3.05, 3.63) is 53.2 Å². The summed E-state index contributed by atoms with van der Waals surface area (Å²) in [5.74, 6) is 2.59. The zero-order valence-corrected chi connectivity index (χ0v) is 15.3. The first-order valence-electron chi connectivity index (χ1n) is 7.66. The number of aryl methyl sites for hydroxylation is 1. The van der Waals surface area contributed by atoms with Gasteiger partial charge in [-0.2, -0.15) is 4.98 Å². The van der Waals surface area contributed by atoms with Crippen LogP contribution in [0.2, 0.25) is 0 Å². The van der Waals surface area contributed by atoms with E-state index < -0.39 is 0 Å². The number of rotatable bonds is 5. The van der Waals surface area contributed by atoms with Gasteiger partial charge in [-0.15, -0.1) is 21.5 Å². The molecule has 4 rings (SSSR count). The van der Waals surface area contributed by atoms with Crippen molar-refractivity contribution in [1.82, 2.24) is 24.9 Å². The molecule has 3 heterocycles.